The van der Waals surface area contributed by atoms with Gasteiger partial charge in [-0.25, -0.2) is 13.6 Å². The van der Waals surface area contributed by atoms with E-state index in [0.29, 0.717) is 16.8 Å². The highest BCUT2D eigenvalue weighted by atomic mass is 32.2. The SMILES string of the molecule is CCC(C)(C)NC(=O)c1ccc(NC(=O)Cc2ccc(S(N)(=O)=O)cc2)cc1. The Morgan fingerprint density at radius 2 is 1.57 bits per heavy atom. The predicted octanol–water partition coefficient (Wildman–Crippen LogP) is 2.43. The van der Waals surface area contributed by atoms with Crippen molar-refractivity contribution in [1.29, 1.82) is 0 Å². The van der Waals surface area contributed by atoms with Crippen molar-refractivity contribution in [3.05, 3.63) is 59.7 Å². The van der Waals surface area contributed by atoms with E-state index in [2.05, 4.69) is 10.6 Å². The zero-order chi connectivity index (χ0) is 20.9. The molecule has 8 heteroatoms. The molecule has 2 aromatic rings. The van der Waals surface area contributed by atoms with Crippen LogP contribution in [0.25, 0.3) is 0 Å². The first kappa shape index (κ1) is 21.6. The van der Waals surface area contributed by atoms with E-state index in [1.165, 1.54) is 12.1 Å². The summed E-state index contributed by atoms with van der Waals surface area (Å²) in [6, 6.07) is 12.4. The number of sulfonamides is 1. The van der Waals surface area contributed by atoms with Gasteiger partial charge in [0, 0.05) is 16.8 Å². The van der Waals surface area contributed by atoms with Gasteiger partial charge in [-0.3, -0.25) is 9.59 Å². The lowest BCUT2D eigenvalue weighted by Gasteiger charge is -2.24. The quantitative estimate of drug-likeness (QED) is 0.658. The summed E-state index contributed by atoms with van der Waals surface area (Å²) in [4.78, 5) is 24.4. The van der Waals surface area contributed by atoms with Gasteiger partial charge in [0.25, 0.3) is 5.91 Å². The second-order valence-electron chi connectivity index (χ2n) is 7.18. The van der Waals surface area contributed by atoms with Gasteiger partial charge in [0.15, 0.2) is 0 Å². The number of carbonyl (C=O) groups is 2. The van der Waals surface area contributed by atoms with Crippen LogP contribution in [0, 0.1) is 0 Å². The predicted molar refractivity (Wildman–Crippen MR) is 108 cm³/mol. The second-order valence-corrected chi connectivity index (χ2v) is 8.74. The number of carbonyl (C=O) groups excluding carboxylic acids is 2. The number of nitrogens with one attached hydrogen (secondary N) is 2. The lowest BCUT2D eigenvalue weighted by molar-refractivity contribution is -0.115. The van der Waals surface area contributed by atoms with Gasteiger partial charge in [-0.2, -0.15) is 0 Å². The monoisotopic (exact) mass is 403 g/mol. The molecule has 0 saturated carbocycles. The number of rotatable bonds is 7. The molecule has 28 heavy (non-hydrogen) atoms. The van der Waals surface area contributed by atoms with E-state index in [4.69, 9.17) is 5.14 Å². The van der Waals surface area contributed by atoms with Crippen LogP contribution < -0.4 is 15.8 Å². The topological polar surface area (TPSA) is 118 Å². The first-order valence-electron chi connectivity index (χ1n) is 8.84. The van der Waals surface area contributed by atoms with Crippen LogP contribution in [0.5, 0.6) is 0 Å². The molecule has 2 amide bonds. The maximum absolute atomic E-state index is 12.2. The Bertz CT molecular complexity index is 950. The standard InChI is InChI=1S/C20H25N3O4S/c1-4-20(2,3)23-19(25)15-7-9-16(10-8-15)22-18(24)13-14-5-11-17(12-6-14)28(21,26)27/h5-12H,4,13H2,1-3H3,(H,22,24)(H,23,25)(H2,21,26,27). The molecular weight excluding hydrogens is 378 g/mol. The first-order valence-corrected chi connectivity index (χ1v) is 10.4. The Labute approximate surface area is 165 Å². The van der Waals surface area contributed by atoms with Crippen LogP contribution in [-0.2, 0) is 21.2 Å². The van der Waals surface area contributed by atoms with E-state index in [1.54, 1.807) is 36.4 Å². The first-order chi connectivity index (χ1) is 13.0. The number of hydrogen-bond acceptors (Lipinski definition) is 4. The van der Waals surface area contributed by atoms with Crippen LogP contribution in [-0.4, -0.2) is 25.8 Å². The highest BCUT2D eigenvalue weighted by molar-refractivity contribution is 7.89. The zero-order valence-electron chi connectivity index (χ0n) is 16.2. The third-order valence-corrected chi connectivity index (χ3v) is 5.31. The minimum atomic E-state index is -3.75. The highest BCUT2D eigenvalue weighted by Crippen LogP contribution is 2.14. The molecule has 0 bridgehead atoms. The van der Waals surface area contributed by atoms with Crippen molar-refractivity contribution in [3.63, 3.8) is 0 Å². The zero-order valence-corrected chi connectivity index (χ0v) is 17.0. The number of hydrogen-bond donors (Lipinski definition) is 3. The minimum absolute atomic E-state index is 0.00299. The molecule has 2 aromatic carbocycles. The fraction of sp³-hybridized carbons (Fsp3) is 0.300. The van der Waals surface area contributed by atoms with Gasteiger partial charge in [-0.15, -0.1) is 0 Å². The second kappa shape index (κ2) is 8.53. The summed E-state index contributed by atoms with van der Waals surface area (Å²) in [6.07, 6.45) is 0.892. The molecule has 0 saturated heterocycles. The highest BCUT2D eigenvalue weighted by Gasteiger charge is 2.18. The summed E-state index contributed by atoms with van der Waals surface area (Å²) in [6.45, 7) is 5.91. The average Bonchev–Trinajstić information content (AvgIpc) is 2.61. The molecular formula is C20H25N3O4S. The number of amides is 2. The molecule has 0 aliphatic rings. The largest absolute Gasteiger partial charge is 0.347 e. The van der Waals surface area contributed by atoms with Gasteiger partial charge in [0.05, 0.1) is 11.3 Å². The summed E-state index contributed by atoms with van der Waals surface area (Å²) < 4.78 is 22.5. The van der Waals surface area contributed by atoms with Crippen molar-refractivity contribution in [2.75, 3.05) is 5.32 Å². The van der Waals surface area contributed by atoms with Gasteiger partial charge in [0.1, 0.15) is 0 Å². The van der Waals surface area contributed by atoms with E-state index >= 15 is 0 Å². The Morgan fingerprint density at radius 3 is 2.07 bits per heavy atom. The van der Waals surface area contributed by atoms with Crippen molar-refractivity contribution in [2.24, 2.45) is 5.14 Å². The molecule has 4 N–H and O–H groups in total. The molecule has 0 atom stereocenters. The van der Waals surface area contributed by atoms with Crippen molar-refractivity contribution >= 4 is 27.5 Å². The van der Waals surface area contributed by atoms with Crippen molar-refractivity contribution in [3.8, 4) is 0 Å². The van der Waals surface area contributed by atoms with E-state index in [9.17, 15) is 18.0 Å². The fourth-order valence-electron chi connectivity index (χ4n) is 2.36. The normalized spacial score (nSPS) is 11.7. The molecule has 0 aromatic heterocycles. The number of benzene rings is 2. The smallest absolute Gasteiger partial charge is 0.251 e. The maximum Gasteiger partial charge on any atom is 0.251 e. The molecule has 0 radical (unpaired) electrons. The minimum Gasteiger partial charge on any atom is -0.347 e. The average molecular weight is 404 g/mol. The molecule has 7 nitrogen and oxygen atoms in total. The van der Waals surface area contributed by atoms with Crippen LogP contribution in [0.15, 0.2) is 53.4 Å². The Hall–Kier alpha value is -2.71. The van der Waals surface area contributed by atoms with Crippen LogP contribution in [0.4, 0.5) is 5.69 Å². The lowest BCUT2D eigenvalue weighted by Crippen LogP contribution is -2.42. The molecule has 0 spiro atoms. The summed E-state index contributed by atoms with van der Waals surface area (Å²) in [7, 11) is -3.75. The summed E-state index contributed by atoms with van der Waals surface area (Å²) >= 11 is 0. The van der Waals surface area contributed by atoms with Crippen LogP contribution in [0.1, 0.15) is 43.1 Å². The molecule has 0 heterocycles. The van der Waals surface area contributed by atoms with E-state index in [-0.39, 0.29) is 28.7 Å². The van der Waals surface area contributed by atoms with Gasteiger partial charge in [-0.05, 0) is 62.2 Å². The molecule has 0 fully saturated rings. The summed E-state index contributed by atoms with van der Waals surface area (Å²) in [5, 5.41) is 10.7. The molecule has 0 unspecified atom stereocenters. The Balaban J connectivity index is 1.96. The Morgan fingerprint density at radius 1 is 1.00 bits per heavy atom. The Kier molecular flexibility index (Phi) is 6.58. The lowest BCUT2D eigenvalue weighted by atomic mass is 10.0. The maximum atomic E-state index is 12.2. The fourth-order valence-corrected chi connectivity index (χ4v) is 2.88. The molecule has 150 valence electrons. The number of nitrogens with two attached hydrogens (primary N) is 1. The number of anilines is 1. The van der Waals surface area contributed by atoms with Gasteiger partial charge in [0.2, 0.25) is 15.9 Å². The molecule has 0 aliphatic heterocycles. The number of primary sulfonamides is 1. The third-order valence-electron chi connectivity index (χ3n) is 4.38. The van der Waals surface area contributed by atoms with Crippen LogP contribution in [0.2, 0.25) is 0 Å². The van der Waals surface area contributed by atoms with Crippen molar-refractivity contribution in [1.82, 2.24) is 5.32 Å². The van der Waals surface area contributed by atoms with E-state index in [0.717, 1.165) is 6.42 Å². The van der Waals surface area contributed by atoms with Gasteiger partial charge in [-0.1, -0.05) is 19.1 Å². The molecule has 0 aliphatic carbocycles. The van der Waals surface area contributed by atoms with Crippen molar-refractivity contribution in [2.45, 2.75) is 44.0 Å². The molecule has 2 rings (SSSR count). The van der Waals surface area contributed by atoms with Gasteiger partial charge >= 0.3 is 0 Å². The van der Waals surface area contributed by atoms with Gasteiger partial charge < -0.3 is 10.6 Å². The van der Waals surface area contributed by atoms with Crippen molar-refractivity contribution < 1.29 is 18.0 Å². The van der Waals surface area contributed by atoms with E-state index in [1.807, 2.05) is 20.8 Å². The summed E-state index contributed by atoms with van der Waals surface area (Å²) in [5.41, 5.74) is 1.45. The third kappa shape index (κ3) is 6.17. The van der Waals surface area contributed by atoms with Crippen LogP contribution in [0.3, 0.4) is 0 Å². The van der Waals surface area contributed by atoms with Crippen LogP contribution >= 0.6 is 0 Å². The van der Waals surface area contributed by atoms with E-state index < -0.39 is 10.0 Å². The summed E-state index contributed by atoms with van der Waals surface area (Å²) in [5.74, 6) is -0.424.